The number of benzene rings is 1. The Labute approximate surface area is 122 Å². The van der Waals surface area contributed by atoms with Gasteiger partial charge in [0, 0.05) is 18.9 Å². The van der Waals surface area contributed by atoms with Crippen molar-refractivity contribution in [1.29, 1.82) is 0 Å². The smallest absolute Gasteiger partial charge is 0.223 e. The van der Waals surface area contributed by atoms with Crippen molar-refractivity contribution < 1.29 is 9.90 Å². The van der Waals surface area contributed by atoms with E-state index in [1.807, 2.05) is 12.1 Å². The van der Waals surface area contributed by atoms with Gasteiger partial charge in [0.25, 0.3) is 0 Å². The van der Waals surface area contributed by atoms with Gasteiger partial charge in [-0.15, -0.1) is 0 Å². The van der Waals surface area contributed by atoms with E-state index in [4.69, 9.17) is 0 Å². The summed E-state index contributed by atoms with van der Waals surface area (Å²) in [6, 6.07) is 7.04. The predicted octanol–water partition coefficient (Wildman–Crippen LogP) is 0.974. The van der Waals surface area contributed by atoms with E-state index in [9.17, 15) is 9.90 Å². The lowest BCUT2D eigenvalue weighted by molar-refractivity contribution is -0.125. The van der Waals surface area contributed by atoms with Crippen LogP contribution in [0.2, 0.25) is 0 Å². The summed E-state index contributed by atoms with van der Waals surface area (Å²) in [7, 11) is 0. The fourth-order valence-corrected chi connectivity index (χ4v) is 2.65. The van der Waals surface area contributed by atoms with Gasteiger partial charge in [0.1, 0.15) is 5.75 Å². The van der Waals surface area contributed by atoms with Crippen LogP contribution in [-0.4, -0.2) is 33.0 Å². The van der Waals surface area contributed by atoms with E-state index in [0.29, 0.717) is 13.0 Å². The van der Waals surface area contributed by atoms with Gasteiger partial charge in [-0.3, -0.25) is 4.79 Å². The third kappa shape index (κ3) is 3.21. The lowest BCUT2D eigenvalue weighted by Crippen LogP contribution is -2.35. The number of carbonyl (C=O) groups excluding carboxylic acids is 1. The molecule has 1 aromatic carbocycles. The first kappa shape index (κ1) is 13.6. The Kier molecular flexibility index (Phi) is 3.85. The number of carbonyl (C=O) groups is 1. The van der Waals surface area contributed by atoms with Gasteiger partial charge in [-0.05, 0) is 37.0 Å². The highest BCUT2D eigenvalue weighted by Gasteiger charge is 2.26. The number of rotatable bonds is 4. The summed E-state index contributed by atoms with van der Waals surface area (Å²) < 4.78 is 0. The summed E-state index contributed by atoms with van der Waals surface area (Å²) in [5.41, 5.74) is 3.00. The maximum absolute atomic E-state index is 12.2. The second-order valence-corrected chi connectivity index (χ2v) is 5.36. The van der Waals surface area contributed by atoms with Crippen LogP contribution in [0.3, 0.4) is 0 Å². The Balaban J connectivity index is 1.48. The molecule has 0 bridgehead atoms. The van der Waals surface area contributed by atoms with Crippen molar-refractivity contribution >= 4 is 5.91 Å². The molecule has 0 radical (unpaired) electrons. The van der Waals surface area contributed by atoms with Gasteiger partial charge in [-0.2, -0.15) is 15.4 Å². The Hall–Kier alpha value is -2.37. The minimum absolute atomic E-state index is 0.0117. The molecule has 0 saturated carbocycles. The van der Waals surface area contributed by atoms with Crippen LogP contribution in [0.15, 0.2) is 24.3 Å². The first-order valence-electron chi connectivity index (χ1n) is 7.16. The van der Waals surface area contributed by atoms with E-state index >= 15 is 0 Å². The lowest BCUT2D eigenvalue weighted by atomic mass is 9.89. The van der Waals surface area contributed by atoms with Gasteiger partial charge in [0.2, 0.25) is 5.91 Å². The van der Waals surface area contributed by atoms with Crippen molar-refractivity contribution in [3.8, 4) is 5.75 Å². The topological polar surface area (TPSA) is 90.9 Å². The van der Waals surface area contributed by atoms with Crippen molar-refractivity contribution in [2.75, 3.05) is 6.54 Å². The third-order valence-corrected chi connectivity index (χ3v) is 3.89. The summed E-state index contributed by atoms with van der Waals surface area (Å²) in [5, 5.41) is 23.0. The van der Waals surface area contributed by atoms with Gasteiger partial charge >= 0.3 is 0 Å². The molecule has 0 fully saturated rings. The van der Waals surface area contributed by atoms with Gasteiger partial charge in [-0.25, -0.2) is 0 Å². The molecule has 0 spiro atoms. The van der Waals surface area contributed by atoms with Crippen LogP contribution in [0.25, 0.3) is 0 Å². The minimum atomic E-state index is -0.0117. The Morgan fingerprint density at radius 1 is 1.29 bits per heavy atom. The fourth-order valence-electron chi connectivity index (χ4n) is 2.65. The molecule has 0 saturated heterocycles. The summed E-state index contributed by atoms with van der Waals surface area (Å²) in [6.45, 7) is 0.603. The van der Waals surface area contributed by atoms with Crippen LogP contribution in [0, 0.1) is 5.92 Å². The zero-order valence-electron chi connectivity index (χ0n) is 11.7. The molecule has 1 atom stereocenters. The van der Waals surface area contributed by atoms with Crippen LogP contribution in [0.4, 0.5) is 0 Å². The Bertz CT molecular complexity index is 621. The first-order chi connectivity index (χ1) is 10.2. The van der Waals surface area contributed by atoms with Gasteiger partial charge in [0.05, 0.1) is 11.4 Å². The number of aromatic amines is 1. The molecule has 6 nitrogen and oxygen atoms in total. The largest absolute Gasteiger partial charge is 0.508 e. The van der Waals surface area contributed by atoms with Crippen LogP contribution >= 0.6 is 0 Å². The Morgan fingerprint density at radius 3 is 2.86 bits per heavy atom. The number of aromatic nitrogens is 3. The number of nitrogens with zero attached hydrogens (tertiary/aromatic N) is 2. The second-order valence-electron chi connectivity index (χ2n) is 5.36. The second kappa shape index (κ2) is 5.95. The number of H-pyrrole nitrogens is 1. The van der Waals surface area contributed by atoms with E-state index in [1.165, 1.54) is 0 Å². The van der Waals surface area contributed by atoms with Crippen molar-refractivity contribution in [1.82, 2.24) is 20.7 Å². The highest BCUT2D eigenvalue weighted by Crippen LogP contribution is 2.22. The molecule has 0 aliphatic heterocycles. The van der Waals surface area contributed by atoms with Crippen molar-refractivity contribution in [2.45, 2.75) is 25.7 Å². The van der Waals surface area contributed by atoms with Crippen molar-refractivity contribution in [3.05, 3.63) is 41.2 Å². The molecular weight excluding hydrogens is 268 g/mol. The SMILES string of the molecule is O=C(NCCc1ccc(O)cc1)C1CCc2n[nH]nc2C1. The highest BCUT2D eigenvalue weighted by molar-refractivity contribution is 5.79. The molecule has 1 amide bonds. The van der Waals surface area contributed by atoms with E-state index in [2.05, 4.69) is 20.7 Å². The van der Waals surface area contributed by atoms with Gasteiger partial charge < -0.3 is 10.4 Å². The van der Waals surface area contributed by atoms with Crippen molar-refractivity contribution in [2.24, 2.45) is 5.92 Å². The van der Waals surface area contributed by atoms with E-state index < -0.39 is 0 Å². The highest BCUT2D eigenvalue weighted by atomic mass is 16.3. The monoisotopic (exact) mass is 286 g/mol. The standard InChI is InChI=1S/C15H18N4O2/c20-12-4-1-10(2-5-12)7-8-16-15(21)11-3-6-13-14(9-11)18-19-17-13/h1-2,4-5,11,20H,3,6-9H2,(H,16,21)(H,17,18,19). The lowest BCUT2D eigenvalue weighted by Gasteiger charge is -2.19. The molecule has 2 aromatic rings. The molecule has 1 aliphatic carbocycles. The maximum atomic E-state index is 12.2. The summed E-state index contributed by atoms with van der Waals surface area (Å²) >= 11 is 0. The van der Waals surface area contributed by atoms with Gasteiger partial charge in [0.15, 0.2) is 0 Å². The zero-order valence-corrected chi connectivity index (χ0v) is 11.7. The molecule has 3 rings (SSSR count). The third-order valence-electron chi connectivity index (χ3n) is 3.89. The van der Waals surface area contributed by atoms with E-state index in [0.717, 1.165) is 36.2 Å². The molecular formula is C15H18N4O2. The molecule has 3 N–H and O–H groups in total. The normalized spacial score (nSPS) is 17.2. The number of hydrogen-bond acceptors (Lipinski definition) is 4. The summed E-state index contributed by atoms with van der Waals surface area (Å²) in [6.07, 6.45) is 3.05. The first-order valence-corrected chi connectivity index (χ1v) is 7.16. The molecule has 1 heterocycles. The maximum Gasteiger partial charge on any atom is 0.223 e. The molecule has 6 heteroatoms. The summed E-state index contributed by atoms with van der Waals surface area (Å²) in [5.74, 6) is 0.332. The van der Waals surface area contributed by atoms with Crippen LogP contribution < -0.4 is 5.32 Å². The predicted molar refractivity (Wildman–Crippen MR) is 76.7 cm³/mol. The van der Waals surface area contributed by atoms with Crippen LogP contribution in [-0.2, 0) is 24.1 Å². The number of aromatic hydroxyl groups is 1. The minimum Gasteiger partial charge on any atom is -0.508 e. The Morgan fingerprint density at radius 2 is 2.05 bits per heavy atom. The van der Waals surface area contributed by atoms with Crippen LogP contribution in [0.5, 0.6) is 5.75 Å². The fraction of sp³-hybridized carbons (Fsp3) is 0.400. The molecule has 1 unspecified atom stereocenters. The zero-order chi connectivity index (χ0) is 14.7. The quantitative estimate of drug-likeness (QED) is 0.781. The number of nitrogens with one attached hydrogen (secondary N) is 2. The number of fused-ring (bicyclic) bond motifs is 1. The molecule has 1 aromatic heterocycles. The van der Waals surface area contributed by atoms with Crippen LogP contribution in [0.1, 0.15) is 23.4 Å². The average Bonchev–Trinajstić information content (AvgIpc) is 2.96. The molecule has 110 valence electrons. The molecule has 21 heavy (non-hydrogen) atoms. The molecule has 1 aliphatic rings. The van der Waals surface area contributed by atoms with E-state index in [1.54, 1.807) is 12.1 Å². The average molecular weight is 286 g/mol. The van der Waals surface area contributed by atoms with Gasteiger partial charge in [-0.1, -0.05) is 12.1 Å². The number of amides is 1. The van der Waals surface area contributed by atoms with E-state index in [-0.39, 0.29) is 17.6 Å². The number of phenols is 1. The van der Waals surface area contributed by atoms with Crippen molar-refractivity contribution in [3.63, 3.8) is 0 Å². The number of hydrogen-bond donors (Lipinski definition) is 3. The summed E-state index contributed by atoms with van der Waals surface area (Å²) in [4.78, 5) is 12.2. The number of aryl methyl sites for hydroxylation is 1. The number of phenolic OH excluding ortho intramolecular Hbond substituents is 1.